The number of carbonyl (C=O) groups is 1. The molecule has 0 aliphatic heterocycles. The molecule has 1 aromatic heterocycles. The zero-order chi connectivity index (χ0) is 16.3. The second kappa shape index (κ2) is 6.13. The fourth-order valence-electron chi connectivity index (χ4n) is 1.70. The molecule has 0 saturated carbocycles. The number of halogens is 1. The van der Waals surface area contributed by atoms with Crippen LogP contribution in [0.2, 0.25) is 0 Å². The van der Waals surface area contributed by atoms with Crippen LogP contribution in [0.3, 0.4) is 0 Å². The number of hydrogen-bond acceptors (Lipinski definition) is 5. The van der Waals surface area contributed by atoms with Gasteiger partial charge in [-0.25, -0.2) is 9.18 Å². The number of rotatable bonds is 3. The molecule has 22 heavy (non-hydrogen) atoms. The summed E-state index contributed by atoms with van der Waals surface area (Å²) in [5.41, 5.74) is -0.0924. The first-order valence-electron chi connectivity index (χ1n) is 6.83. The molecule has 1 atom stereocenters. The summed E-state index contributed by atoms with van der Waals surface area (Å²) in [7, 11) is 0. The van der Waals surface area contributed by atoms with Crippen molar-refractivity contribution in [3.8, 4) is 11.4 Å². The summed E-state index contributed by atoms with van der Waals surface area (Å²) in [6.45, 7) is 7.00. The van der Waals surface area contributed by atoms with E-state index in [-0.39, 0.29) is 17.5 Å². The first-order chi connectivity index (χ1) is 10.2. The molecule has 1 amide bonds. The summed E-state index contributed by atoms with van der Waals surface area (Å²) >= 11 is 0. The van der Waals surface area contributed by atoms with E-state index in [1.54, 1.807) is 39.8 Å². The molecule has 1 heterocycles. The highest BCUT2D eigenvalue weighted by atomic mass is 19.1. The molecule has 0 fully saturated rings. The molecule has 7 heteroatoms. The van der Waals surface area contributed by atoms with Gasteiger partial charge in [-0.1, -0.05) is 17.3 Å². The van der Waals surface area contributed by atoms with Gasteiger partial charge >= 0.3 is 6.09 Å². The highest BCUT2D eigenvalue weighted by Gasteiger charge is 2.21. The van der Waals surface area contributed by atoms with Crippen LogP contribution < -0.4 is 5.32 Å². The molecule has 0 bridgehead atoms. The maximum atomic E-state index is 13.2. The molecular formula is C15H18FN3O3. The third-order valence-electron chi connectivity index (χ3n) is 2.63. The molecule has 0 aliphatic rings. The minimum absolute atomic E-state index is 0.213. The van der Waals surface area contributed by atoms with Crippen LogP contribution in [0.4, 0.5) is 9.18 Å². The second-order valence-electron chi connectivity index (χ2n) is 5.83. The Bertz CT molecular complexity index is 664. The van der Waals surface area contributed by atoms with Crippen molar-refractivity contribution >= 4 is 6.09 Å². The lowest BCUT2D eigenvalue weighted by molar-refractivity contribution is 0.0499. The lowest BCUT2D eigenvalue weighted by Crippen LogP contribution is -2.34. The van der Waals surface area contributed by atoms with E-state index >= 15 is 0 Å². The SMILES string of the molecule is C[C@H](NC(=O)OC(C)(C)C)c1nc(-c2cccc(F)c2)no1. The molecule has 6 nitrogen and oxygen atoms in total. The zero-order valence-electron chi connectivity index (χ0n) is 12.9. The Kier molecular flexibility index (Phi) is 4.44. The topological polar surface area (TPSA) is 77.2 Å². The van der Waals surface area contributed by atoms with Gasteiger partial charge in [0.25, 0.3) is 0 Å². The van der Waals surface area contributed by atoms with Gasteiger partial charge in [-0.05, 0) is 39.8 Å². The van der Waals surface area contributed by atoms with E-state index in [1.807, 2.05) is 0 Å². The average molecular weight is 307 g/mol. The van der Waals surface area contributed by atoms with Gasteiger partial charge in [0, 0.05) is 5.56 Å². The summed E-state index contributed by atoms with van der Waals surface area (Å²) in [6.07, 6.45) is -0.578. The van der Waals surface area contributed by atoms with Gasteiger partial charge in [-0.2, -0.15) is 4.98 Å². The third kappa shape index (κ3) is 4.28. The van der Waals surface area contributed by atoms with E-state index in [0.717, 1.165) is 0 Å². The van der Waals surface area contributed by atoms with Crippen molar-refractivity contribution in [3.63, 3.8) is 0 Å². The summed E-state index contributed by atoms with van der Waals surface area (Å²) in [5.74, 6) is 0.0845. The maximum Gasteiger partial charge on any atom is 0.408 e. The predicted octanol–water partition coefficient (Wildman–Crippen LogP) is 3.46. The number of nitrogens with zero attached hydrogens (tertiary/aromatic N) is 2. The van der Waals surface area contributed by atoms with Crippen LogP contribution in [0.5, 0.6) is 0 Å². The Morgan fingerprint density at radius 1 is 1.41 bits per heavy atom. The summed E-state index contributed by atoms with van der Waals surface area (Å²) in [6, 6.07) is 5.34. The number of aromatic nitrogens is 2. The van der Waals surface area contributed by atoms with Crippen molar-refractivity contribution in [2.24, 2.45) is 0 Å². The number of amides is 1. The van der Waals surface area contributed by atoms with E-state index in [1.165, 1.54) is 12.1 Å². The van der Waals surface area contributed by atoms with Crippen LogP contribution in [0.1, 0.15) is 39.6 Å². The minimum Gasteiger partial charge on any atom is -0.444 e. The van der Waals surface area contributed by atoms with Crippen molar-refractivity contribution in [1.29, 1.82) is 0 Å². The van der Waals surface area contributed by atoms with E-state index in [0.29, 0.717) is 5.56 Å². The molecule has 0 saturated heterocycles. The normalized spacial score (nSPS) is 12.8. The van der Waals surface area contributed by atoms with Gasteiger partial charge in [-0.15, -0.1) is 0 Å². The lowest BCUT2D eigenvalue weighted by Gasteiger charge is -2.20. The highest BCUT2D eigenvalue weighted by Crippen LogP contribution is 2.19. The van der Waals surface area contributed by atoms with Gasteiger partial charge in [-0.3, -0.25) is 0 Å². The van der Waals surface area contributed by atoms with Crippen molar-refractivity contribution in [2.75, 3.05) is 0 Å². The predicted molar refractivity (Wildman–Crippen MR) is 77.5 cm³/mol. The molecule has 0 radical (unpaired) electrons. The third-order valence-corrected chi connectivity index (χ3v) is 2.63. The van der Waals surface area contributed by atoms with Gasteiger partial charge in [0.1, 0.15) is 17.5 Å². The van der Waals surface area contributed by atoms with Crippen molar-refractivity contribution in [1.82, 2.24) is 15.5 Å². The average Bonchev–Trinajstić information content (AvgIpc) is 2.85. The van der Waals surface area contributed by atoms with Crippen LogP contribution in [0.25, 0.3) is 11.4 Å². The van der Waals surface area contributed by atoms with Crippen LogP contribution in [0, 0.1) is 5.82 Å². The number of nitrogens with one attached hydrogen (secondary N) is 1. The Balaban J connectivity index is 2.06. The van der Waals surface area contributed by atoms with Crippen molar-refractivity contribution in [2.45, 2.75) is 39.3 Å². The number of benzene rings is 1. The number of alkyl carbamates (subject to hydrolysis) is 1. The highest BCUT2D eigenvalue weighted by molar-refractivity contribution is 5.68. The Labute approximate surface area is 127 Å². The Morgan fingerprint density at radius 2 is 2.14 bits per heavy atom. The van der Waals surface area contributed by atoms with E-state index in [4.69, 9.17) is 9.26 Å². The number of carbonyl (C=O) groups excluding carboxylic acids is 1. The summed E-state index contributed by atoms with van der Waals surface area (Å²) < 4.78 is 23.4. The summed E-state index contributed by atoms with van der Waals surface area (Å²) in [5, 5.41) is 6.38. The molecular weight excluding hydrogens is 289 g/mol. The maximum absolute atomic E-state index is 13.2. The standard InChI is InChI=1S/C15H18FN3O3/c1-9(17-14(20)21-15(2,3)4)13-18-12(19-22-13)10-6-5-7-11(16)8-10/h5-9H,1-4H3,(H,17,20)/t9-/m0/s1. The van der Waals surface area contributed by atoms with Crippen LogP contribution in [0.15, 0.2) is 28.8 Å². The van der Waals surface area contributed by atoms with Gasteiger partial charge in [0.2, 0.25) is 11.7 Å². The van der Waals surface area contributed by atoms with E-state index in [9.17, 15) is 9.18 Å². The van der Waals surface area contributed by atoms with Gasteiger partial charge < -0.3 is 14.6 Å². The van der Waals surface area contributed by atoms with Crippen LogP contribution >= 0.6 is 0 Å². The van der Waals surface area contributed by atoms with E-state index < -0.39 is 17.7 Å². The minimum atomic E-state index is -0.592. The monoisotopic (exact) mass is 307 g/mol. The molecule has 2 rings (SSSR count). The summed E-state index contributed by atoms with van der Waals surface area (Å²) in [4.78, 5) is 15.8. The Hall–Kier alpha value is -2.44. The van der Waals surface area contributed by atoms with Crippen LogP contribution in [-0.4, -0.2) is 21.8 Å². The van der Waals surface area contributed by atoms with Gasteiger partial charge in [0.15, 0.2) is 0 Å². The molecule has 1 N–H and O–H groups in total. The molecule has 0 aliphatic carbocycles. The number of hydrogen-bond donors (Lipinski definition) is 1. The first kappa shape index (κ1) is 15.9. The fourth-order valence-corrected chi connectivity index (χ4v) is 1.70. The molecule has 2 aromatic rings. The molecule has 1 aromatic carbocycles. The van der Waals surface area contributed by atoms with Crippen LogP contribution in [-0.2, 0) is 4.74 Å². The lowest BCUT2D eigenvalue weighted by atomic mass is 10.2. The van der Waals surface area contributed by atoms with Crippen molar-refractivity contribution < 1.29 is 18.4 Å². The van der Waals surface area contributed by atoms with E-state index in [2.05, 4.69) is 15.5 Å². The Morgan fingerprint density at radius 3 is 2.77 bits per heavy atom. The second-order valence-corrected chi connectivity index (χ2v) is 5.83. The van der Waals surface area contributed by atoms with Gasteiger partial charge in [0.05, 0.1) is 0 Å². The first-order valence-corrected chi connectivity index (χ1v) is 6.83. The smallest absolute Gasteiger partial charge is 0.408 e. The molecule has 0 unspecified atom stereocenters. The quantitative estimate of drug-likeness (QED) is 0.939. The largest absolute Gasteiger partial charge is 0.444 e. The zero-order valence-corrected chi connectivity index (χ0v) is 12.9. The molecule has 0 spiro atoms. The fraction of sp³-hybridized carbons (Fsp3) is 0.400. The number of ether oxygens (including phenoxy) is 1. The van der Waals surface area contributed by atoms with Crippen molar-refractivity contribution in [3.05, 3.63) is 36.0 Å². The molecule has 118 valence electrons.